The molecule has 0 bridgehead atoms. The maximum Gasteiger partial charge on any atom is 0.321 e. The summed E-state index contributed by atoms with van der Waals surface area (Å²) < 4.78 is 0. The van der Waals surface area contributed by atoms with Crippen molar-refractivity contribution in [2.24, 2.45) is 5.92 Å². The minimum absolute atomic E-state index is 0.0464. The lowest BCUT2D eigenvalue weighted by molar-refractivity contribution is -0.385. The zero-order valence-corrected chi connectivity index (χ0v) is 12.2. The molecule has 6 nitrogen and oxygen atoms in total. The fraction of sp³-hybridized carbons (Fsp3) is 0.533. The number of carboxylic acids is 1. The lowest BCUT2D eigenvalue weighted by Crippen LogP contribution is -2.41. The highest BCUT2D eigenvalue weighted by Gasteiger charge is 2.40. The van der Waals surface area contributed by atoms with Gasteiger partial charge in [-0.05, 0) is 30.9 Å². The third-order valence-corrected chi connectivity index (χ3v) is 4.24. The molecule has 1 N–H and O–H groups in total. The second kappa shape index (κ2) is 6.22. The fourth-order valence-electron chi connectivity index (χ4n) is 3.22. The van der Waals surface area contributed by atoms with E-state index < -0.39 is 16.9 Å². The van der Waals surface area contributed by atoms with E-state index in [1.54, 1.807) is 12.1 Å². The molecule has 1 aliphatic rings. The Hall–Kier alpha value is -1.95. The van der Waals surface area contributed by atoms with Crippen molar-refractivity contribution in [2.45, 2.75) is 38.8 Å². The van der Waals surface area contributed by atoms with Gasteiger partial charge in [0, 0.05) is 18.2 Å². The van der Waals surface area contributed by atoms with Gasteiger partial charge in [-0.1, -0.05) is 26.0 Å². The van der Waals surface area contributed by atoms with Crippen molar-refractivity contribution < 1.29 is 14.8 Å². The van der Waals surface area contributed by atoms with Crippen molar-refractivity contribution in [2.75, 3.05) is 6.54 Å². The summed E-state index contributed by atoms with van der Waals surface area (Å²) in [6.07, 6.45) is 1.56. The van der Waals surface area contributed by atoms with Gasteiger partial charge in [0.1, 0.15) is 6.04 Å². The predicted octanol–water partition coefficient (Wildman–Crippen LogP) is 2.84. The summed E-state index contributed by atoms with van der Waals surface area (Å²) in [5.41, 5.74) is 0.858. The summed E-state index contributed by atoms with van der Waals surface area (Å²) in [5.74, 6) is -0.723. The second-order valence-electron chi connectivity index (χ2n) is 5.56. The first kappa shape index (κ1) is 15.4. The SMILES string of the molecule is CCC(c1cccc([N+](=O)[O-])c1)N1CCC(C)C1C(=O)O. The second-order valence-corrected chi connectivity index (χ2v) is 5.56. The molecule has 1 aromatic carbocycles. The predicted molar refractivity (Wildman–Crippen MR) is 78.0 cm³/mol. The molecule has 0 saturated carbocycles. The van der Waals surface area contributed by atoms with Gasteiger partial charge >= 0.3 is 5.97 Å². The maximum absolute atomic E-state index is 11.5. The standard InChI is InChI=1S/C15H20N2O4/c1-3-13(11-5-4-6-12(9-11)17(20)21)16-8-7-10(2)14(16)15(18)19/h4-6,9-10,13-14H,3,7-8H2,1-2H3,(H,18,19). The zero-order chi connectivity index (χ0) is 15.6. The van der Waals surface area contributed by atoms with Crippen LogP contribution in [0.3, 0.4) is 0 Å². The highest BCUT2D eigenvalue weighted by atomic mass is 16.6. The van der Waals surface area contributed by atoms with E-state index in [-0.39, 0.29) is 17.6 Å². The van der Waals surface area contributed by atoms with E-state index in [1.807, 2.05) is 24.8 Å². The van der Waals surface area contributed by atoms with Gasteiger partial charge in [-0.15, -0.1) is 0 Å². The minimum Gasteiger partial charge on any atom is -0.480 e. The molecular weight excluding hydrogens is 272 g/mol. The number of rotatable bonds is 5. The molecule has 0 amide bonds. The van der Waals surface area contributed by atoms with Crippen LogP contribution in [0.4, 0.5) is 5.69 Å². The highest BCUT2D eigenvalue weighted by molar-refractivity contribution is 5.74. The number of carbonyl (C=O) groups is 1. The van der Waals surface area contributed by atoms with Crippen LogP contribution in [0.1, 0.15) is 38.3 Å². The van der Waals surface area contributed by atoms with Gasteiger partial charge < -0.3 is 5.11 Å². The number of aliphatic carboxylic acids is 1. The van der Waals surface area contributed by atoms with Gasteiger partial charge in [0.15, 0.2) is 0 Å². The normalized spacial score (nSPS) is 23.9. The van der Waals surface area contributed by atoms with Crippen molar-refractivity contribution in [3.8, 4) is 0 Å². The number of carboxylic acid groups (broad SMARTS) is 1. The number of nitro groups is 1. The molecule has 3 atom stereocenters. The fourth-order valence-corrected chi connectivity index (χ4v) is 3.22. The van der Waals surface area contributed by atoms with Crippen LogP contribution < -0.4 is 0 Å². The van der Waals surface area contributed by atoms with E-state index in [4.69, 9.17) is 0 Å². The number of non-ortho nitro benzene ring substituents is 1. The largest absolute Gasteiger partial charge is 0.480 e. The van der Waals surface area contributed by atoms with Gasteiger partial charge in [-0.3, -0.25) is 19.8 Å². The lowest BCUT2D eigenvalue weighted by atomic mass is 9.98. The van der Waals surface area contributed by atoms with Crippen molar-refractivity contribution in [3.05, 3.63) is 39.9 Å². The topological polar surface area (TPSA) is 83.7 Å². The quantitative estimate of drug-likeness (QED) is 0.666. The summed E-state index contributed by atoms with van der Waals surface area (Å²) in [7, 11) is 0. The molecule has 1 heterocycles. The smallest absolute Gasteiger partial charge is 0.321 e. The summed E-state index contributed by atoms with van der Waals surface area (Å²) in [5, 5.41) is 20.3. The first-order valence-electron chi connectivity index (χ1n) is 7.18. The van der Waals surface area contributed by atoms with Crippen molar-refractivity contribution in [1.82, 2.24) is 4.90 Å². The zero-order valence-electron chi connectivity index (χ0n) is 12.2. The van der Waals surface area contributed by atoms with Crippen LogP contribution in [0.5, 0.6) is 0 Å². The van der Waals surface area contributed by atoms with E-state index in [9.17, 15) is 20.0 Å². The van der Waals surface area contributed by atoms with Crippen molar-refractivity contribution >= 4 is 11.7 Å². The van der Waals surface area contributed by atoms with Gasteiger partial charge in [0.25, 0.3) is 5.69 Å². The molecule has 21 heavy (non-hydrogen) atoms. The Kier molecular flexibility index (Phi) is 4.57. The van der Waals surface area contributed by atoms with E-state index in [1.165, 1.54) is 6.07 Å². The molecule has 3 unspecified atom stereocenters. The van der Waals surface area contributed by atoms with Crippen LogP contribution >= 0.6 is 0 Å². The lowest BCUT2D eigenvalue weighted by Gasteiger charge is -2.31. The molecular formula is C15H20N2O4. The Balaban J connectivity index is 2.33. The summed E-state index contributed by atoms with van der Waals surface area (Å²) in [6.45, 7) is 4.63. The van der Waals surface area contributed by atoms with Crippen LogP contribution in [-0.2, 0) is 4.79 Å². The van der Waals surface area contributed by atoms with Crippen LogP contribution in [0.15, 0.2) is 24.3 Å². The summed E-state index contributed by atoms with van der Waals surface area (Å²) in [6, 6.07) is 5.88. The number of nitro benzene ring substituents is 1. The molecule has 0 aromatic heterocycles. The average molecular weight is 292 g/mol. The summed E-state index contributed by atoms with van der Waals surface area (Å²) in [4.78, 5) is 24.0. The highest BCUT2D eigenvalue weighted by Crippen LogP contribution is 2.35. The van der Waals surface area contributed by atoms with E-state index in [0.29, 0.717) is 6.54 Å². The molecule has 0 spiro atoms. The number of hydrogen-bond donors (Lipinski definition) is 1. The molecule has 1 fully saturated rings. The Labute approximate surface area is 123 Å². The molecule has 1 aromatic rings. The molecule has 0 radical (unpaired) electrons. The third kappa shape index (κ3) is 3.05. The van der Waals surface area contributed by atoms with Gasteiger partial charge in [0.05, 0.1) is 4.92 Å². The molecule has 114 valence electrons. The molecule has 0 aliphatic carbocycles. The Morgan fingerprint density at radius 3 is 2.86 bits per heavy atom. The number of nitrogens with zero attached hydrogens (tertiary/aromatic N) is 2. The van der Waals surface area contributed by atoms with E-state index in [2.05, 4.69) is 0 Å². The Morgan fingerprint density at radius 2 is 2.29 bits per heavy atom. The average Bonchev–Trinajstić information content (AvgIpc) is 2.82. The van der Waals surface area contributed by atoms with Crippen molar-refractivity contribution in [3.63, 3.8) is 0 Å². The van der Waals surface area contributed by atoms with Crippen LogP contribution in [0.25, 0.3) is 0 Å². The van der Waals surface area contributed by atoms with Gasteiger partial charge in [-0.25, -0.2) is 0 Å². The van der Waals surface area contributed by atoms with Gasteiger partial charge in [0.2, 0.25) is 0 Å². The number of hydrogen-bond acceptors (Lipinski definition) is 4. The minimum atomic E-state index is -0.816. The Bertz CT molecular complexity index is 546. The monoisotopic (exact) mass is 292 g/mol. The maximum atomic E-state index is 11.5. The van der Waals surface area contributed by atoms with E-state index >= 15 is 0 Å². The van der Waals surface area contributed by atoms with Crippen LogP contribution in [0.2, 0.25) is 0 Å². The number of likely N-dealkylation sites (tertiary alicyclic amines) is 1. The van der Waals surface area contributed by atoms with Crippen LogP contribution in [0, 0.1) is 16.0 Å². The molecule has 1 aliphatic heterocycles. The first-order chi connectivity index (χ1) is 9.95. The van der Waals surface area contributed by atoms with Gasteiger partial charge in [-0.2, -0.15) is 0 Å². The molecule has 2 rings (SSSR count). The molecule has 6 heteroatoms. The molecule has 1 saturated heterocycles. The first-order valence-corrected chi connectivity index (χ1v) is 7.18. The van der Waals surface area contributed by atoms with E-state index in [0.717, 1.165) is 18.4 Å². The number of benzene rings is 1. The third-order valence-electron chi connectivity index (χ3n) is 4.24. The van der Waals surface area contributed by atoms with Crippen molar-refractivity contribution in [1.29, 1.82) is 0 Å². The van der Waals surface area contributed by atoms with Crippen LogP contribution in [-0.4, -0.2) is 33.5 Å². The Morgan fingerprint density at radius 1 is 1.57 bits per heavy atom. The summed E-state index contributed by atoms with van der Waals surface area (Å²) >= 11 is 0.